The van der Waals surface area contributed by atoms with Gasteiger partial charge in [0, 0.05) is 22.3 Å². The maximum Gasteiger partial charge on any atom is 0.329 e. The van der Waals surface area contributed by atoms with E-state index in [9.17, 15) is 14.4 Å². The van der Waals surface area contributed by atoms with E-state index in [-0.39, 0.29) is 12.5 Å². The van der Waals surface area contributed by atoms with Gasteiger partial charge >= 0.3 is 11.8 Å². The van der Waals surface area contributed by atoms with Crippen molar-refractivity contribution >= 4 is 45.6 Å². The van der Waals surface area contributed by atoms with Crippen molar-refractivity contribution < 1.29 is 19.1 Å². The molecule has 0 saturated carbocycles. The maximum atomic E-state index is 12.2. The summed E-state index contributed by atoms with van der Waals surface area (Å²) in [6, 6.07) is 12.6. The van der Waals surface area contributed by atoms with Crippen molar-refractivity contribution in [3.63, 3.8) is 0 Å². The molecule has 0 aliphatic heterocycles. The Labute approximate surface area is 189 Å². The van der Waals surface area contributed by atoms with Crippen molar-refractivity contribution in [1.82, 2.24) is 10.7 Å². The molecule has 8 nitrogen and oxygen atoms in total. The van der Waals surface area contributed by atoms with Gasteiger partial charge in [0.25, 0.3) is 5.91 Å². The van der Waals surface area contributed by atoms with E-state index in [0.29, 0.717) is 23.5 Å². The molecule has 0 radical (unpaired) electrons. The number of ether oxygens (including phenoxy) is 1. The summed E-state index contributed by atoms with van der Waals surface area (Å²) in [6.45, 7) is 4.18. The minimum absolute atomic E-state index is 0.206. The average Bonchev–Trinajstić information content (AvgIpc) is 2.74. The molecule has 3 N–H and O–H groups in total. The van der Waals surface area contributed by atoms with Crippen LogP contribution in [0.4, 0.5) is 5.69 Å². The van der Waals surface area contributed by atoms with Crippen LogP contribution < -0.4 is 20.8 Å². The number of carbonyl (C=O) groups excluding carboxylic acids is 3. The molecule has 0 aliphatic carbocycles. The van der Waals surface area contributed by atoms with Crippen LogP contribution in [0.25, 0.3) is 0 Å². The number of unbranched alkanes of at least 4 members (excludes halogenated alkanes) is 1. The highest BCUT2D eigenvalue weighted by molar-refractivity contribution is 9.10. The fourth-order valence-electron chi connectivity index (χ4n) is 2.40. The van der Waals surface area contributed by atoms with Gasteiger partial charge < -0.3 is 15.4 Å². The van der Waals surface area contributed by atoms with E-state index < -0.39 is 11.8 Å². The fraction of sp³-hybridized carbons (Fsp3) is 0.273. The zero-order valence-electron chi connectivity index (χ0n) is 17.4. The molecule has 2 aromatic carbocycles. The van der Waals surface area contributed by atoms with Crippen molar-refractivity contribution in [1.29, 1.82) is 0 Å². The highest BCUT2D eigenvalue weighted by Crippen LogP contribution is 2.22. The third kappa shape index (κ3) is 8.59. The van der Waals surface area contributed by atoms with Gasteiger partial charge in [0.2, 0.25) is 0 Å². The molecule has 0 aromatic heterocycles. The second-order valence-electron chi connectivity index (χ2n) is 6.69. The second-order valence-corrected chi connectivity index (χ2v) is 7.61. The van der Waals surface area contributed by atoms with Gasteiger partial charge in [-0.05, 0) is 43.7 Å². The number of carbonyl (C=O) groups is 3. The Morgan fingerprint density at radius 1 is 1.10 bits per heavy atom. The Morgan fingerprint density at radius 2 is 1.84 bits per heavy atom. The predicted octanol–water partition coefficient (Wildman–Crippen LogP) is 3.14. The Bertz CT molecular complexity index is 945. The summed E-state index contributed by atoms with van der Waals surface area (Å²) < 4.78 is 6.36. The molecule has 9 heteroatoms. The molecule has 164 valence electrons. The molecule has 2 rings (SSSR count). The molecule has 3 amide bonds. The predicted molar refractivity (Wildman–Crippen MR) is 123 cm³/mol. The zero-order valence-corrected chi connectivity index (χ0v) is 19.0. The summed E-state index contributed by atoms with van der Waals surface area (Å²) in [6.07, 6.45) is 3.04. The van der Waals surface area contributed by atoms with E-state index in [4.69, 9.17) is 4.74 Å². The first-order valence-electron chi connectivity index (χ1n) is 9.79. The Balaban J connectivity index is 1.93. The van der Waals surface area contributed by atoms with Crippen molar-refractivity contribution in [3.05, 3.63) is 58.1 Å². The number of nitrogens with one attached hydrogen (secondary N) is 3. The molecule has 0 bridgehead atoms. The second kappa shape index (κ2) is 12.5. The van der Waals surface area contributed by atoms with Crippen molar-refractivity contribution in [3.8, 4) is 5.75 Å². The van der Waals surface area contributed by atoms with E-state index in [0.717, 1.165) is 22.9 Å². The Morgan fingerprint density at radius 3 is 2.55 bits per heavy atom. The van der Waals surface area contributed by atoms with Gasteiger partial charge in [-0.1, -0.05) is 47.0 Å². The van der Waals surface area contributed by atoms with E-state index in [1.165, 1.54) is 6.21 Å². The number of nitrogens with zero attached hydrogens (tertiary/aromatic N) is 1. The molecule has 0 saturated heterocycles. The smallest absolute Gasteiger partial charge is 0.329 e. The number of aryl methyl sites for hydroxylation is 1. The van der Waals surface area contributed by atoms with E-state index >= 15 is 0 Å². The average molecular weight is 489 g/mol. The first-order chi connectivity index (χ1) is 14.9. The summed E-state index contributed by atoms with van der Waals surface area (Å²) in [4.78, 5) is 35.6. The largest absolute Gasteiger partial charge is 0.483 e. The van der Waals surface area contributed by atoms with E-state index in [1.54, 1.807) is 18.2 Å². The molecular formula is C22H25BrN4O4. The van der Waals surface area contributed by atoms with E-state index in [1.807, 2.05) is 38.1 Å². The van der Waals surface area contributed by atoms with Crippen molar-refractivity contribution in [2.24, 2.45) is 5.10 Å². The normalized spacial score (nSPS) is 10.5. The summed E-state index contributed by atoms with van der Waals surface area (Å²) in [5, 5.41) is 9.07. The van der Waals surface area contributed by atoms with Crippen LogP contribution in [0.3, 0.4) is 0 Å². The van der Waals surface area contributed by atoms with Gasteiger partial charge in [-0.3, -0.25) is 14.4 Å². The molecular weight excluding hydrogens is 464 g/mol. The third-order valence-electron chi connectivity index (χ3n) is 4.06. The van der Waals surface area contributed by atoms with Crippen LogP contribution in [0.2, 0.25) is 0 Å². The monoisotopic (exact) mass is 488 g/mol. The summed E-state index contributed by atoms with van der Waals surface area (Å²) in [5.41, 5.74) is 4.47. The molecule has 0 heterocycles. The van der Waals surface area contributed by atoms with E-state index in [2.05, 4.69) is 37.1 Å². The van der Waals surface area contributed by atoms with Crippen LogP contribution >= 0.6 is 15.9 Å². The van der Waals surface area contributed by atoms with Gasteiger partial charge in [0.15, 0.2) is 6.61 Å². The number of hydrogen-bond donors (Lipinski definition) is 3. The maximum absolute atomic E-state index is 12.2. The summed E-state index contributed by atoms with van der Waals surface area (Å²) in [7, 11) is 0. The molecule has 0 spiro atoms. The number of halogens is 1. The number of rotatable bonds is 9. The van der Waals surface area contributed by atoms with Gasteiger partial charge in [0.1, 0.15) is 5.75 Å². The lowest BCUT2D eigenvalue weighted by Gasteiger charge is -2.10. The summed E-state index contributed by atoms with van der Waals surface area (Å²) in [5.74, 6) is -1.52. The van der Waals surface area contributed by atoms with Crippen LogP contribution in [-0.2, 0) is 14.4 Å². The van der Waals surface area contributed by atoms with Crippen LogP contribution in [0.5, 0.6) is 5.75 Å². The Hall–Kier alpha value is -3.20. The quantitative estimate of drug-likeness (QED) is 0.218. The zero-order chi connectivity index (χ0) is 22.6. The van der Waals surface area contributed by atoms with Gasteiger partial charge in [-0.2, -0.15) is 5.10 Å². The summed E-state index contributed by atoms with van der Waals surface area (Å²) >= 11 is 3.36. The lowest BCUT2D eigenvalue weighted by atomic mass is 10.2. The highest BCUT2D eigenvalue weighted by Gasteiger charge is 2.12. The number of amides is 3. The highest BCUT2D eigenvalue weighted by atomic mass is 79.9. The van der Waals surface area contributed by atoms with Crippen LogP contribution in [0.1, 0.15) is 30.9 Å². The first kappa shape index (κ1) is 24.1. The Kier molecular flexibility index (Phi) is 9.70. The van der Waals surface area contributed by atoms with Gasteiger partial charge in [-0.25, -0.2) is 5.43 Å². The molecule has 0 aliphatic rings. The molecule has 31 heavy (non-hydrogen) atoms. The van der Waals surface area contributed by atoms with Crippen LogP contribution in [-0.4, -0.2) is 37.1 Å². The number of anilines is 1. The first-order valence-corrected chi connectivity index (χ1v) is 10.6. The lowest BCUT2D eigenvalue weighted by molar-refractivity contribution is -0.139. The molecule has 0 unspecified atom stereocenters. The molecule has 0 atom stereocenters. The van der Waals surface area contributed by atoms with Gasteiger partial charge in [0.05, 0.1) is 6.21 Å². The third-order valence-corrected chi connectivity index (χ3v) is 4.55. The van der Waals surface area contributed by atoms with Crippen molar-refractivity contribution in [2.45, 2.75) is 26.7 Å². The fourth-order valence-corrected chi connectivity index (χ4v) is 2.78. The molecule has 0 fully saturated rings. The topological polar surface area (TPSA) is 109 Å². The minimum atomic E-state index is -0.859. The van der Waals surface area contributed by atoms with Crippen molar-refractivity contribution in [2.75, 3.05) is 18.5 Å². The number of hydrazone groups is 1. The SMILES string of the molecule is CCCCNC(=O)C(=O)N/N=C\c1cc(Br)ccc1OCC(=O)Nc1ccc(C)cc1. The lowest BCUT2D eigenvalue weighted by Crippen LogP contribution is -2.38. The van der Waals surface area contributed by atoms with Gasteiger partial charge in [-0.15, -0.1) is 0 Å². The molecule has 2 aromatic rings. The minimum Gasteiger partial charge on any atom is -0.483 e. The number of benzene rings is 2. The van der Waals surface area contributed by atoms with Crippen LogP contribution in [0, 0.1) is 6.92 Å². The number of hydrogen-bond acceptors (Lipinski definition) is 5. The van der Waals surface area contributed by atoms with Crippen LogP contribution in [0.15, 0.2) is 52.0 Å². The standard InChI is InChI=1S/C22H25BrN4O4/c1-3-4-11-24-21(29)22(30)27-25-13-16-12-17(23)7-10-19(16)31-14-20(28)26-18-8-5-15(2)6-9-18/h5-10,12-13H,3-4,11,14H2,1-2H3,(H,24,29)(H,26,28)(H,27,30)/b25-13-.